The minimum atomic E-state index is -0.374. The first-order valence-corrected chi connectivity index (χ1v) is 6.32. The van der Waals surface area contributed by atoms with Gasteiger partial charge in [0.05, 0.1) is 0 Å². The Labute approximate surface area is 74.8 Å². The van der Waals surface area contributed by atoms with E-state index in [1.165, 1.54) is 10.9 Å². The maximum Gasteiger partial charge on any atom is 0.114 e. The highest BCUT2D eigenvalue weighted by Gasteiger charge is 2.31. The van der Waals surface area contributed by atoms with Crippen molar-refractivity contribution < 1.29 is 0 Å². The van der Waals surface area contributed by atoms with Gasteiger partial charge in [-0.1, -0.05) is 42.6 Å². The van der Waals surface area contributed by atoms with Crippen molar-refractivity contribution in [3.63, 3.8) is 0 Å². The van der Waals surface area contributed by atoms with Crippen LogP contribution in [0.5, 0.6) is 0 Å². The van der Waals surface area contributed by atoms with Crippen LogP contribution in [0, 0.1) is 17.3 Å². The summed E-state index contributed by atoms with van der Waals surface area (Å²) in [6.45, 7) is 6.71. The molecule has 0 nitrogen and oxygen atoms in total. The van der Waals surface area contributed by atoms with Crippen LogP contribution in [-0.4, -0.2) is 12.5 Å². The first kappa shape index (κ1) is 7.96. The van der Waals surface area contributed by atoms with E-state index in [9.17, 15) is 0 Å². The molecule has 1 aliphatic heterocycles. The van der Waals surface area contributed by atoms with E-state index in [0.29, 0.717) is 0 Å². The SMILES string of the molecule is CC1=CC=C(C2(C)C#C2)C=[PH]1C. The van der Waals surface area contributed by atoms with E-state index < -0.39 is 0 Å². The molecule has 0 aromatic heterocycles. The van der Waals surface area contributed by atoms with Gasteiger partial charge in [-0.2, -0.15) is 0 Å². The Balaban J connectivity index is 2.32. The smallest absolute Gasteiger partial charge is 0.0968 e. The van der Waals surface area contributed by atoms with Crippen LogP contribution in [-0.2, 0) is 0 Å². The zero-order valence-electron chi connectivity index (χ0n) is 7.73. The topological polar surface area (TPSA) is 0 Å². The van der Waals surface area contributed by atoms with Gasteiger partial charge >= 0.3 is 0 Å². The number of rotatable bonds is 1. The summed E-state index contributed by atoms with van der Waals surface area (Å²) in [6.07, 6.45) is 4.45. The molecule has 0 fully saturated rings. The quantitative estimate of drug-likeness (QED) is 0.425. The summed E-state index contributed by atoms with van der Waals surface area (Å²) in [5, 5.41) is 1.54. The molecular weight excluding hydrogens is 163 g/mol. The molecule has 0 amide bonds. The second-order valence-electron chi connectivity index (χ2n) is 3.67. The van der Waals surface area contributed by atoms with Crippen molar-refractivity contribution in [3.05, 3.63) is 23.0 Å². The highest BCUT2D eigenvalue weighted by Crippen LogP contribution is 2.40. The lowest BCUT2D eigenvalue weighted by atomic mass is 9.95. The molecular formula is C11H13P. The third-order valence-corrected chi connectivity index (χ3v) is 4.74. The normalized spacial score (nSPS) is 29.1. The van der Waals surface area contributed by atoms with Gasteiger partial charge in [0.25, 0.3) is 0 Å². The fourth-order valence-electron chi connectivity index (χ4n) is 1.29. The monoisotopic (exact) mass is 176 g/mol. The van der Waals surface area contributed by atoms with Gasteiger partial charge in [-0.3, -0.25) is 0 Å². The van der Waals surface area contributed by atoms with Crippen molar-refractivity contribution in [2.45, 2.75) is 13.8 Å². The summed E-state index contributed by atoms with van der Waals surface area (Å²) < 4.78 is 0. The molecule has 1 atom stereocenters. The van der Waals surface area contributed by atoms with Gasteiger partial charge in [-0.15, -0.1) is 0 Å². The van der Waals surface area contributed by atoms with Gasteiger partial charge in [-0.25, -0.2) is 0 Å². The number of allylic oxidation sites excluding steroid dienone is 4. The van der Waals surface area contributed by atoms with Gasteiger partial charge in [0.15, 0.2) is 0 Å². The molecule has 0 aromatic carbocycles. The second-order valence-corrected chi connectivity index (χ2v) is 6.12. The Morgan fingerprint density at radius 1 is 1.33 bits per heavy atom. The van der Waals surface area contributed by atoms with E-state index >= 15 is 0 Å². The summed E-state index contributed by atoms with van der Waals surface area (Å²) in [4.78, 5) is 0. The van der Waals surface area contributed by atoms with Crippen LogP contribution in [0.4, 0.5) is 0 Å². The van der Waals surface area contributed by atoms with Crippen molar-refractivity contribution >= 4 is 13.3 Å². The van der Waals surface area contributed by atoms with Crippen molar-refractivity contribution in [3.8, 4) is 11.8 Å². The molecule has 12 heavy (non-hydrogen) atoms. The molecule has 1 heteroatoms. The fourth-order valence-corrected chi connectivity index (χ4v) is 2.72. The van der Waals surface area contributed by atoms with Gasteiger partial charge in [0.2, 0.25) is 0 Å². The molecule has 0 spiro atoms. The Morgan fingerprint density at radius 2 is 2.00 bits per heavy atom. The van der Waals surface area contributed by atoms with Gasteiger partial charge < -0.3 is 0 Å². The molecule has 2 rings (SSSR count). The summed E-state index contributed by atoms with van der Waals surface area (Å²) in [5.41, 5.74) is 1.47. The number of hydrogen-bond acceptors (Lipinski definition) is 0. The number of hydrogen-bond donors (Lipinski definition) is 0. The predicted molar refractivity (Wildman–Crippen MR) is 58.0 cm³/mol. The average Bonchev–Trinajstić information content (AvgIpc) is 2.75. The van der Waals surface area contributed by atoms with Gasteiger partial charge in [0, 0.05) is 0 Å². The summed E-state index contributed by atoms with van der Waals surface area (Å²) in [6, 6.07) is 0. The van der Waals surface area contributed by atoms with Crippen LogP contribution in [0.15, 0.2) is 23.0 Å². The third kappa shape index (κ3) is 1.19. The first-order chi connectivity index (χ1) is 5.62. The van der Waals surface area contributed by atoms with Crippen LogP contribution in [0.3, 0.4) is 0 Å². The van der Waals surface area contributed by atoms with E-state index in [1.54, 1.807) is 0 Å². The minimum absolute atomic E-state index is 0.0725. The lowest BCUT2D eigenvalue weighted by molar-refractivity contribution is 0.833. The molecule has 1 heterocycles. The second kappa shape index (κ2) is 2.41. The lowest BCUT2D eigenvalue weighted by Gasteiger charge is -2.15. The average molecular weight is 176 g/mol. The Bertz CT molecular complexity index is 375. The van der Waals surface area contributed by atoms with E-state index in [1.807, 2.05) is 0 Å². The third-order valence-electron chi connectivity index (χ3n) is 2.58. The van der Waals surface area contributed by atoms with Crippen LogP contribution in [0.25, 0.3) is 0 Å². The Kier molecular flexibility index (Phi) is 1.60. The summed E-state index contributed by atoms with van der Waals surface area (Å²) >= 11 is 0. The molecule has 1 unspecified atom stereocenters. The maximum atomic E-state index is 3.15. The molecule has 0 radical (unpaired) electrons. The highest BCUT2D eigenvalue weighted by atomic mass is 31.1. The van der Waals surface area contributed by atoms with Crippen LogP contribution >= 0.6 is 7.55 Å². The zero-order valence-corrected chi connectivity index (χ0v) is 8.73. The van der Waals surface area contributed by atoms with Gasteiger partial charge in [-0.05, 0) is 26.1 Å². The maximum absolute atomic E-state index is 3.15. The Morgan fingerprint density at radius 3 is 2.50 bits per heavy atom. The molecule has 0 aromatic rings. The Hall–Kier alpha value is -0.660. The first-order valence-electron chi connectivity index (χ1n) is 4.24. The summed E-state index contributed by atoms with van der Waals surface area (Å²) in [7, 11) is -0.374. The van der Waals surface area contributed by atoms with Crippen LogP contribution < -0.4 is 0 Å². The van der Waals surface area contributed by atoms with E-state index in [4.69, 9.17) is 0 Å². The summed E-state index contributed by atoms with van der Waals surface area (Å²) in [5.74, 6) is 8.72. The van der Waals surface area contributed by atoms with Gasteiger partial charge in [0.1, 0.15) is 5.41 Å². The minimum Gasteiger partial charge on any atom is -0.0968 e. The van der Waals surface area contributed by atoms with E-state index in [0.717, 1.165) is 0 Å². The van der Waals surface area contributed by atoms with E-state index in [2.05, 4.69) is 50.3 Å². The van der Waals surface area contributed by atoms with E-state index in [-0.39, 0.29) is 13.0 Å². The zero-order chi connectivity index (χ0) is 8.77. The molecule has 62 valence electrons. The molecule has 1 aliphatic carbocycles. The lowest BCUT2D eigenvalue weighted by Crippen LogP contribution is -2.05. The molecule has 0 saturated heterocycles. The molecule has 0 saturated carbocycles. The van der Waals surface area contributed by atoms with Crippen LogP contribution in [0.2, 0.25) is 0 Å². The van der Waals surface area contributed by atoms with Crippen LogP contribution in [0.1, 0.15) is 13.8 Å². The molecule has 0 N–H and O–H groups in total. The standard InChI is InChI=1S/C11H13P/c1-9-4-5-10(8-12(9)3)11(2)6-7-11/h4-5,8,12H,1-3H3. The van der Waals surface area contributed by atoms with Crippen molar-refractivity contribution in [1.29, 1.82) is 0 Å². The fraction of sp³-hybridized carbons (Fsp3) is 0.364. The van der Waals surface area contributed by atoms with Crippen molar-refractivity contribution in [1.82, 2.24) is 0 Å². The predicted octanol–water partition coefficient (Wildman–Crippen LogP) is 2.50. The van der Waals surface area contributed by atoms with Crippen molar-refractivity contribution in [2.75, 3.05) is 6.66 Å². The van der Waals surface area contributed by atoms with Crippen molar-refractivity contribution in [2.24, 2.45) is 5.41 Å². The largest absolute Gasteiger partial charge is 0.114 e. The highest BCUT2D eigenvalue weighted by molar-refractivity contribution is 7.61. The molecule has 0 bridgehead atoms. The molecule has 2 aliphatic rings.